The van der Waals surface area contributed by atoms with Crippen LogP contribution in [0.25, 0.3) is 0 Å². The zero-order valence-corrected chi connectivity index (χ0v) is 3.83. The van der Waals surface area contributed by atoms with Gasteiger partial charge in [0.25, 0.3) is 0 Å². The van der Waals surface area contributed by atoms with Gasteiger partial charge < -0.3 is 0 Å². The van der Waals surface area contributed by atoms with Crippen molar-refractivity contribution in [1.29, 1.82) is 5.41 Å². The first-order valence-corrected chi connectivity index (χ1v) is 0.604. The maximum absolute atomic E-state index is 5.85. The number of halogens is 1. The van der Waals surface area contributed by atoms with Gasteiger partial charge >= 0.3 is 0 Å². The zero-order valence-electron chi connectivity index (χ0n) is 2.12. The molecule has 1 nitrogen and oxygen atoms in total. The Bertz CT molecular complexity index is 27.0. The summed E-state index contributed by atoms with van der Waals surface area (Å²) in [7, 11) is 0. The maximum atomic E-state index is 5.85. The van der Waals surface area contributed by atoms with Crippen LogP contribution < -0.4 is 0 Å². The quantitative estimate of drug-likeness (QED) is 0.463. The fourth-order valence-electron chi connectivity index (χ4n) is 0. The molecule has 0 unspecified atom stereocenters. The third-order valence-corrected chi connectivity index (χ3v) is 0. The number of hydrogen-bond acceptors (Lipinski definition) is 1. The standard InChI is InChI=1S/C2H3N.BrH/c1-2-3;/h3H,1H2;1H. The van der Waals surface area contributed by atoms with Gasteiger partial charge in [0.2, 0.25) is 0 Å². The predicted octanol–water partition coefficient (Wildman–Crippen LogP) is 0.999. The summed E-state index contributed by atoms with van der Waals surface area (Å²) in [6.07, 6.45) is 0. The van der Waals surface area contributed by atoms with Crippen LogP contribution >= 0.6 is 17.0 Å². The highest BCUT2D eigenvalue weighted by Crippen LogP contribution is 0.942. The van der Waals surface area contributed by atoms with Crippen molar-refractivity contribution in [2.45, 2.75) is 0 Å². The predicted molar refractivity (Wildman–Crippen MR) is 23.7 cm³/mol. The van der Waals surface area contributed by atoms with Crippen molar-refractivity contribution in [1.82, 2.24) is 0 Å². The highest BCUT2D eigenvalue weighted by molar-refractivity contribution is 8.93. The summed E-state index contributed by atoms with van der Waals surface area (Å²) in [5, 5.41) is 5.85. The van der Waals surface area contributed by atoms with E-state index in [-0.39, 0.29) is 17.0 Å². The Morgan fingerprint density at radius 3 is 1.75 bits per heavy atom. The van der Waals surface area contributed by atoms with Crippen molar-refractivity contribution in [3.05, 3.63) is 6.58 Å². The third-order valence-electron chi connectivity index (χ3n) is 0. The molecule has 0 saturated carbocycles. The molecule has 0 spiro atoms. The molecule has 0 atom stereocenters. The molecule has 0 aliphatic rings. The van der Waals surface area contributed by atoms with Crippen LogP contribution in [0.15, 0.2) is 6.58 Å². The van der Waals surface area contributed by atoms with E-state index in [1.807, 2.05) is 0 Å². The molecule has 0 aromatic heterocycles. The second kappa shape index (κ2) is 12.6. The highest BCUT2D eigenvalue weighted by Gasteiger charge is 0.918. The summed E-state index contributed by atoms with van der Waals surface area (Å²) in [4.78, 5) is 0. The minimum absolute atomic E-state index is 0. The first kappa shape index (κ1) is 9.06. The van der Waals surface area contributed by atoms with Gasteiger partial charge in [0.15, 0.2) is 0 Å². The van der Waals surface area contributed by atoms with E-state index in [9.17, 15) is 0 Å². The number of nitrogens with one attached hydrogen (secondary N) is 1. The smallest absolute Gasteiger partial charge is 0.0306 e. The lowest BCUT2D eigenvalue weighted by molar-refractivity contribution is 1.60. The van der Waals surface area contributed by atoms with Crippen LogP contribution in [-0.2, 0) is 0 Å². The van der Waals surface area contributed by atoms with Crippen LogP contribution in [0.5, 0.6) is 0 Å². The van der Waals surface area contributed by atoms with Gasteiger partial charge in [0.05, 0.1) is 0 Å². The lowest BCUT2D eigenvalue weighted by Gasteiger charge is -1.10. The minimum Gasteiger partial charge on any atom is -0.259 e. The molecule has 0 aliphatic carbocycles. The van der Waals surface area contributed by atoms with Crippen molar-refractivity contribution < 1.29 is 0 Å². The molecule has 0 saturated heterocycles. The number of rotatable bonds is 0. The summed E-state index contributed by atoms with van der Waals surface area (Å²) in [5.74, 6) is 1.75. The SMILES string of the molecule is Br.C=C=N. The van der Waals surface area contributed by atoms with Crippen LogP contribution in [0.3, 0.4) is 0 Å². The summed E-state index contributed by atoms with van der Waals surface area (Å²) in [6, 6.07) is 0. The largest absolute Gasteiger partial charge is 0.259 e. The summed E-state index contributed by atoms with van der Waals surface area (Å²) < 4.78 is 0. The normalized spacial score (nSPS) is 2.00. The lowest BCUT2D eigenvalue weighted by atomic mass is 11.2. The Labute approximate surface area is 35.6 Å². The van der Waals surface area contributed by atoms with Crippen molar-refractivity contribution in [2.75, 3.05) is 0 Å². The Morgan fingerprint density at radius 2 is 1.75 bits per heavy atom. The molecule has 2 heteroatoms. The Morgan fingerprint density at radius 1 is 1.75 bits per heavy atom. The lowest BCUT2D eigenvalue weighted by Crippen LogP contribution is -1.10. The van der Waals surface area contributed by atoms with Crippen LogP contribution in [-0.4, -0.2) is 5.87 Å². The van der Waals surface area contributed by atoms with Crippen molar-refractivity contribution in [3.63, 3.8) is 0 Å². The van der Waals surface area contributed by atoms with E-state index >= 15 is 0 Å². The van der Waals surface area contributed by atoms with Crippen LogP contribution in [0, 0.1) is 5.41 Å². The molecule has 0 heterocycles. The van der Waals surface area contributed by atoms with Gasteiger partial charge in [0.1, 0.15) is 0 Å². The molecule has 0 radical (unpaired) electrons. The average molecular weight is 122 g/mol. The molecule has 0 rings (SSSR count). The Hall–Kier alpha value is -0.0700. The van der Waals surface area contributed by atoms with E-state index < -0.39 is 0 Å². The molecule has 0 bridgehead atoms. The molecular weight excluding hydrogens is 118 g/mol. The Balaban J connectivity index is 0. The van der Waals surface area contributed by atoms with E-state index in [0.29, 0.717) is 0 Å². The van der Waals surface area contributed by atoms with Crippen LogP contribution in [0.2, 0.25) is 0 Å². The highest BCUT2D eigenvalue weighted by atomic mass is 79.9. The first-order chi connectivity index (χ1) is 1.41. The second-order valence-corrected chi connectivity index (χ2v) is 0.177. The topological polar surface area (TPSA) is 23.9 Å². The molecule has 4 heavy (non-hydrogen) atoms. The Kier molecular flexibility index (Phi) is 28.6. The van der Waals surface area contributed by atoms with Crippen molar-refractivity contribution in [3.8, 4) is 0 Å². The van der Waals surface area contributed by atoms with Crippen molar-refractivity contribution in [2.24, 2.45) is 0 Å². The van der Waals surface area contributed by atoms with Gasteiger partial charge in [-0.15, -0.1) is 17.0 Å². The van der Waals surface area contributed by atoms with E-state index in [4.69, 9.17) is 5.41 Å². The molecule has 0 aromatic carbocycles. The van der Waals surface area contributed by atoms with Gasteiger partial charge in [-0.25, -0.2) is 0 Å². The van der Waals surface area contributed by atoms with E-state index in [0.717, 1.165) is 0 Å². The summed E-state index contributed by atoms with van der Waals surface area (Å²) in [6.45, 7) is 2.90. The molecule has 0 fully saturated rings. The fraction of sp³-hybridized carbons (Fsp3) is 0. The van der Waals surface area contributed by atoms with Crippen molar-refractivity contribution >= 4 is 22.9 Å². The van der Waals surface area contributed by atoms with Gasteiger partial charge in [-0.05, 0) is 12.4 Å². The van der Waals surface area contributed by atoms with Gasteiger partial charge in [-0.1, -0.05) is 0 Å². The zero-order chi connectivity index (χ0) is 2.71. The molecule has 24 valence electrons. The molecule has 1 N–H and O–H groups in total. The first-order valence-electron chi connectivity index (χ1n) is 0.604. The molecule has 0 aromatic rings. The monoisotopic (exact) mass is 121 g/mol. The van der Waals surface area contributed by atoms with E-state index in [2.05, 4.69) is 6.58 Å². The van der Waals surface area contributed by atoms with Crippen LogP contribution in [0.1, 0.15) is 0 Å². The molecule has 0 aliphatic heterocycles. The molecule has 0 amide bonds. The minimum atomic E-state index is 0. The fourth-order valence-corrected chi connectivity index (χ4v) is 0. The maximum Gasteiger partial charge on any atom is -0.0306 e. The van der Waals surface area contributed by atoms with Crippen LogP contribution in [0.4, 0.5) is 0 Å². The second-order valence-electron chi connectivity index (χ2n) is 0.177. The average Bonchev–Trinajstić information content (AvgIpc) is 0.918. The van der Waals surface area contributed by atoms with Gasteiger partial charge in [-0.3, -0.25) is 5.41 Å². The van der Waals surface area contributed by atoms with E-state index in [1.54, 1.807) is 5.87 Å². The number of hydrogen-bond donors (Lipinski definition) is 1. The van der Waals surface area contributed by atoms with Gasteiger partial charge in [0, 0.05) is 0 Å². The summed E-state index contributed by atoms with van der Waals surface area (Å²) in [5.41, 5.74) is 0. The summed E-state index contributed by atoms with van der Waals surface area (Å²) >= 11 is 0. The van der Waals surface area contributed by atoms with E-state index in [1.165, 1.54) is 0 Å². The third kappa shape index (κ3) is 341. The molecular formula is C2H4BrN. The van der Waals surface area contributed by atoms with Gasteiger partial charge in [-0.2, -0.15) is 0 Å².